The maximum Gasteiger partial charge on any atom is 0.511 e. The Kier molecular flexibility index (Phi) is 7.89. The van der Waals surface area contributed by atoms with Crippen molar-refractivity contribution in [3.63, 3.8) is 0 Å². The minimum atomic E-state index is -0.750. The van der Waals surface area contributed by atoms with E-state index in [9.17, 15) is 4.79 Å². The van der Waals surface area contributed by atoms with E-state index in [1.165, 1.54) is 5.56 Å². The molecule has 1 unspecified atom stereocenters. The quantitative estimate of drug-likeness (QED) is 0.218. The highest BCUT2D eigenvalue weighted by atomic mass is 32.2. The van der Waals surface area contributed by atoms with Gasteiger partial charge in [0.25, 0.3) is 0 Å². The van der Waals surface area contributed by atoms with E-state index < -0.39 is 6.16 Å². The molecule has 0 aliphatic carbocycles. The molecule has 0 saturated heterocycles. The Morgan fingerprint density at radius 3 is 2.30 bits per heavy atom. The Hall–Kier alpha value is -2.74. The number of nitrogens with zero attached hydrogens (tertiary/aromatic N) is 3. The summed E-state index contributed by atoms with van der Waals surface area (Å²) < 4.78 is 18.1. The van der Waals surface area contributed by atoms with Gasteiger partial charge in [-0.1, -0.05) is 45.0 Å². The maximum absolute atomic E-state index is 11.9. The summed E-state index contributed by atoms with van der Waals surface area (Å²) in [6.45, 7) is 10.6. The zero-order valence-electron chi connectivity index (χ0n) is 20.5. The summed E-state index contributed by atoms with van der Waals surface area (Å²) in [5, 5.41) is 4.55. The molecule has 1 aliphatic heterocycles. The van der Waals surface area contributed by atoms with Crippen molar-refractivity contribution in [1.29, 1.82) is 0 Å². The van der Waals surface area contributed by atoms with Crippen LogP contribution in [0.2, 0.25) is 0 Å². The van der Waals surface area contributed by atoms with Gasteiger partial charge in [-0.05, 0) is 36.6 Å². The Morgan fingerprint density at radius 2 is 1.79 bits per heavy atom. The van der Waals surface area contributed by atoms with Crippen LogP contribution in [-0.4, -0.2) is 53.6 Å². The van der Waals surface area contributed by atoms with Gasteiger partial charge < -0.3 is 14.2 Å². The molecule has 1 aliphatic rings. The monoisotopic (exact) mass is 471 g/mol. The van der Waals surface area contributed by atoms with Crippen molar-refractivity contribution in [1.82, 2.24) is 9.78 Å². The Morgan fingerprint density at radius 1 is 1.12 bits per heavy atom. The number of ether oxygens (including phenoxy) is 3. The second kappa shape index (κ2) is 10.5. The molecule has 0 radical (unpaired) electrons. The first-order valence-electron chi connectivity index (χ1n) is 10.9. The van der Waals surface area contributed by atoms with Crippen LogP contribution < -0.4 is 0 Å². The molecule has 0 spiro atoms. The number of benzene rings is 1. The van der Waals surface area contributed by atoms with Crippen molar-refractivity contribution in [3.05, 3.63) is 52.3 Å². The van der Waals surface area contributed by atoms with Gasteiger partial charge in [0.15, 0.2) is 5.76 Å². The minimum Gasteiger partial charge on any atom is -0.455 e. The average Bonchev–Trinajstić information content (AvgIpc) is 3.54. The number of carbonyl (C=O) groups excluding carboxylic acids is 1. The van der Waals surface area contributed by atoms with E-state index in [1.54, 1.807) is 16.4 Å². The molecule has 0 fully saturated rings. The zero-order chi connectivity index (χ0) is 24.2. The third kappa shape index (κ3) is 6.19. The number of carbonyl (C=O) groups is 1. The van der Waals surface area contributed by atoms with Gasteiger partial charge in [0, 0.05) is 30.2 Å². The SMILES string of the molecule is CSCCOC(=O)OCO/C(=C(\c1ccc(C(C)(C)C)cc1)C1C=N1)c1c(C)c(C)nn1C. The smallest absolute Gasteiger partial charge is 0.455 e. The maximum atomic E-state index is 11.9. The molecule has 0 amide bonds. The van der Waals surface area contributed by atoms with E-state index >= 15 is 0 Å². The molecular weight excluding hydrogens is 438 g/mol. The van der Waals surface area contributed by atoms with E-state index in [-0.39, 0.29) is 18.2 Å². The average molecular weight is 472 g/mol. The van der Waals surface area contributed by atoms with Crippen molar-refractivity contribution in [3.8, 4) is 0 Å². The van der Waals surface area contributed by atoms with Gasteiger partial charge in [0.05, 0.1) is 5.69 Å². The van der Waals surface area contributed by atoms with E-state index in [4.69, 9.17) is 14.2 Å². The number of rotatable bonds is 9. The molecule has 33 heavy (non-hydrogen) atoms. The highest BCUT2D eigenvalue weighted by molar-refractivity contribution is 7.98. The van der Waals surface area contributed by atoms with Crippen LogP contribution in [0.3, 0.4) is 0 Å². The fourth-order valence-electron chi connectivity index (χ4n) is 3.52. The normalized spacial score (nSPS) is 15.8. The lowest BCUT2D eigenvalue weighted by molar-refractivity contribution is -0.00340. The summed E-state index contributed by atoms with van der Waals surface area (Å²) in [7, 11) is 1.88. The van der Waals surface area contributed by atoms with Crippen LogP contribution >= 0.6 is 11.8 Å². The standard InChI is InChI=1S/C25H33N3O4S/c1-16-17(2)27-28(6)22(16)23(31-15-32-24(29)30-12-13-33-7)21(20-14-26-20)18-8-10-19(11-9-18)25(3,4)5/h8-11,14,20H,12-13,15H2,1-7H3/b23-21+. The number of thioether (sulfide) groups is 1. The predicted molar refractivity (Wildman–Crippen MR) is 134 cm³/mol. The molecule has 0 bridgehead atoms. The second-order valence-electron chi connectivity index (χ2n) is 8.99. The van der Waals surface area contributed by atoms with Crippen LogP contribution in [0.15, 0.2) is 29.3 Å². The van der Waals surface area contributed by atoms with E-state index in [2.05, 4.69) is 55.1 Å². The first-order chi connectivity index (χ1) is 15.6. The van der Waals surface area contributed by atoms with Crippen molar-refractivity contribution in [2.24, 2.45) is 12.0 Å². The van der Waals surface area contributed by atoms with Crippen LogP contribution in [0.25, 0.3) is 11.3 Å². The number of hydrogen-bond acceptors (Lipinski definition) is 7. The van der Waals surface area contributed by atoms with E-state index in [0.717, 1.165) is 28.1 Å². The first kappa shape index (κ1) is 24.9. The van der Waals surface area contributed by atoms with Crippen LogP contribution in [0.5, 0.6) is 0 Å². The Labute approximate surface area is 200 Å². The Bertz CT molecular complexity index is 1040. The summed E-state index contributed by atoms with van der Waals surface area (Å²) in [6, 6.07) is 8.37. The summed E-state index contributed by atoms with van der Waals surface area (Å²) in [6.07, 6.45) is 3.08. The number of aliphatic imine (C=N–C) groups is 1. The van der Waals surface area contributed by atoms with Gasteiger partial charge in [0.1, 0.15) is 18.3 Å². The van der Waals surface area contributed by atoms with Gasteiger partial charge in [-0.15, -0.1) is 0 Å². The van der Waals surface area contributed by atoms with E-state index in [0.29, 0.717) is 18.1 Å². The highest BCUT2D eigenvalue weighted by Gasteiger charge is 2.30. The van der Waals surface area contributed by atoms with Crippen LogP contribution in [-0.2, 0) is 26.7 Å². The molecule has 3 rings (SSSR count). The zero-order valence-corrected chi connectivity index (χ0v) is 21.3. The summed E-state index contributed by atoms with van der Waals surface area (Å²) in [5.74, 6) is 1.31. The van der Waals surface area contributed by atoms with Crippen molar-refractivity contribution in [2.45, 2.75) is 46.1 Å². The molecule has 1 atom stereocenters. The van der Waals surface area contributed by atoms with Crippen LogP contribution in [0, 0.1) is 13.8 Å². The summed E-state index contributed by atoms with van der Waals surface area (Å²) >= 11 is 1.59. The third-order valence-corrected chi connectivity index (χ3v) is 6.10. The molecule has 0 N–H and O–H groups in total. The molecule has 1 aromatic carbocycles. The lowest BCUT2D eigenvalue weighted by atomic mass is 9.85. The van der Waals surface area contributed by atoms with Gasteiger partial charge in [-0.25, -0.2) is 4.79 Å². The molecule has 2 heterocycles. The summed E-state index contributed by atoms with van der Waals surface area (Å²) in [5.41, 5.74) is 5.95. The summed E-state index contributed by atoms with van der Waals surface area (Å²) in [4.78, 5) is 16.3. The molecule has 7 nitrogen and oxygen atoms in total. The molecule has 2 aromatic rings. The predicted octanol–water partition coefficient (Wildman–Crippen LogP) is 5.15. The minimum absolute atomic E-state index is 0.0536. The molecule has 0 saturated carbocycles. The van der Waals surface area contributed by atoms with Crippen LogP contribution in [0.1, 0.15) is 48.8 Å². The largest absolute Gasteiger partial charge is 0.511 e. The van der Waals surface area contributed by atoms with Crippen molar-refractivity contribution in [2.75, 3.05) is 25.4 Å². The first-order valence-corrected chi connectivity index (χ1v) is 12.3. The molecule has 1 aromatic heterocycles. The van der Waals surface area contributed by atoms with E-state index in [1.807, 2.05) is 33.4 Å². The van der Waals surface area contributed by atoms with Crippen LogP contribution in [0.4, 0.5) is 4.79 Å². The highest BCUT2D eigenvalue weighted by Crippen LogP contribution is 2.36. The van der Waals surface area contributed by atoms with Gasteiger partial charge in [0.2, 0.25) is 6.79 Å². The Balaban J connectivity index is 1.96. The number of hydrogen-bond donors (Lipinski definition) is 0. The van der Waals surface area contributed by atoms with Crippen molar-refractivity contribution >= 4 is 35.5 Å². The molecular formula is C25H33N3O4S. The fraction of sp³-hybridized carbons (Fsp3) is 0.480. The second-order valence-corrected chi connectivity index (χ2v) is 9.98. The third-order valence-electron chi connectivity index (χ3n) is 5.52. The molecule has 178 valence electrons. The lowest BCUT2D eigenvalue weighted by Crippen LogP contribution is -2.14. The topological polar surface area (TPSA) is 74.9 Å². The lowest BCUT2D eigenvalue weighted by Gasteiger charge is -2.21. The fourth-order valence-corrected chi connectivity index (χ4v) is 3.77. The van der Waals surface area contributed by atoms with Crippen molar-refractivity contribution < 1.29 is 19.0 Å². The number of aromatic nitrogens is 2. The number of aryl methyl sites for hydroxylation is 2. The van der Waals surface area contributed by atoms with Gasteiger partial charge >= 0.3 is 6.16 Å². The van der Waals surface area contributed by atoms with Gasteiger partial charge in [-0.2, -0.15) is 16.9 Å². The molecule has 8 heteroatoms. The van der Waals surface area contributed by atoms with Gasteiger partial charge in [-0.3, -0.25) is 9.67 Å².